The molecule has 0 aromatic heterocycles. The minimum atomic E-state index is -3.54. The molecular formula is C18H28BrN3O4S. The molecule has 1 aromatic rings. The van der Waals surface area contributed by atoms with Gasteiger partial charge in [0, 0.05) is 50.4 Å². The fraction of sp³-hybridized carbons (Fsp3) is 0.611. The van der Waals surface area contributed by atoms with Crippen LogP contribution in [0.1, 0.15) is 20.3 Å². The molecule has 27 heavy (non-hydrogen) atoms. The average molecular weight is 462 g/mol. The lowest BCUT2D eigenvalue weighted by molar-refractivity contribution is 0.107. The van der Waals surface area contributed by atoms with Gasteiger partial charge in [-0.1, -0.05) is 35.8 Å². The van der Waals surface area contributed by atoms with E-state index in [1.54, 1.807) is 29.2 Å². The van der Waals surface area contributed by atoms with Gasteiger partial charge in [-0.3, -0.25) is 0 Å². The number of hydrogen-bond donors (Lipinski definition) is 1. The molecule has 0 aliphatic carbocycles. The van der Waals surface area contributed by atoms with Gasteiger partial charge in [0.05, 0.1) is 4.90 Å². The van der Waals surface area contributed by atoms with Gasteiger partial charge in [0.25, 0.3) is 0 Å². The maximum absolute atomic E-state index is 12.7. The van der Waals surface area contributed by atoms with E-state index in [0.29, 0.717) is 45.2 Å². The van der Waals surface area contributed by atoms with Crippen LogP contribution >= 0.6 is 15.9 Å². The summed E-state index contributed by atoms with van der Waals surface area (Å²) >= 11 is 3.30. The SMILES string of the molecule is CC(C)COCCCNC(=O)N1CCN(S(=O)(=O)c2cccc(Br)c2)CC1. The molecular weight excluding hydrogens is 434 g/mol. The van der Waals surface area contributed by atoms with Crippen molar-refractivity contribution in [3.8, 4) is 0 Å². The number of sulfonamides is 1. The summed E-state index contributed by atoms with van der Waals surface area (Å²) in [4.78, 5) is 14.1. The molecule has 1 saturated heterocycles. The number of rotatable bonds is 8. The highest BCUT2D eigenvalue weighted by atomic mass is 79.9. The van der Waals surface area contributed by atoms with Crippen molar-refractivity contribution in [1.82, 2.24) is 14.5 Å². The molecule has 0 spiro atoms. The number of benzene rings is 1. The summed E-state index contributed by atoms with van der Waals surface area (Å²) in [6.07, 6.45) is 0.760. The molecule has 1 heterocycles. The molecule has 1 fully saturated rings. The Hall–Kier alpha value is -1.16. The summed E-state index contributed by atoms with van der Waals surface area (Å²) in [5, 5.41) is 2.87. The molecule has 0 radical (unpaired) electrons. The van der Waals surface area contributed by atoms with Crippen molar-refractivity contribution in [2.24, 2.45) is 5.92 Å². The third-order valence-electron chi connectivity index (χ3n) is 4.15. The number of carbonyl (C=O) groups is 1. The summed E-state index contributed by atoms with van der Waals surface area (Å²) in [5.74, 6) is 0.504. The van der Waals surface area contributed by atoms with Crippen molar-refractivity contribution >= 4 is 32.0 Å². The van der Waals surface area contributed by atoms with Crippen LogP contribution < -0.4 is 5.32 Å². The van der Waals surface area contributed by atoms with Crippen molar-refractivity contribution in [2.45, 2.75) is 25.2 Å². The first-order valence-electron chi connectivity index (χ1n) is 9.17. The number of halogens is 1. The Balaban J connectivity index is 1.75. The van der Waals surface area contributed by atoms with Gasteiger partial charge in [-0.25, -0.2) is 13.2 Å². The second kappa shape index (κ2) is 10.4. The van der Waals surface area contributed by atoms with E-state index in [9.17, 15) is 13.2 Å². The number of nitrogens with one attached hydrogen (secondary N) is 1. The van der Waals surface area contributed by atoms with Crippen LogP contribution in [0, 0.1) is 5.92 Å². The van der Waals surface area contributed by atoms with Crippen molar-refractivity contribution < 1.29 is 17.9 Å². The van der Waals surface area contributed by atoms with Crippen molar-refractivity contribution in [3.05, 3.63) is 28.7 Å². The Labute approximate surface area is 170 Å². The fourth-order valence-corrected chi connectivity index (χ4v) is 4.73. The number of nitrogens with zero attached hydrogens (tertiary/aromatic N) is 2. The Morgan fingerprint density at radius 1 is 1.26 bits per heavy atom. The zero-order chi connectivity index (χ0) is 19.9. The maximum Gasteiger partial charge on any atom is 0.317 e. The highest BCUT2D eigenvalue weighted by Crippen LogP contribution is 2.21. The van der Waals surface area contributed by atoms with E-state index >= 15 is 0 Å². The zero-order valence-corrected chi connectivity index (χ0v) is 18.3. The Kier molecular flexibility index (Phi) is 8.53. The van der Waals surface area contributed by atoms with E-state index in [2.05, 4.69) is 35.1 Å². The highest BCUT2D eigenvalue weighted by molar-refractivity contribution is 9.10. The van der Waals surface area contributed by atoms with E-state index in [0.717, 1.165) is 17.5 Å². The van der Waals surface area contributed by atoms with E-state index in [4.69, 9.17) is 4.74 Å². The summed E-state index contributed by atoms with van der Waals surface area (Å²) in [6.45, 7) is 7.43. The smallest absolute Gasteiger partial charge is 0.317 e. The maximum atomic E-state index is 12.7. The average Bonchev–Trinajstić information content (AvgIpc) is 2.64. The molecule has 0 unspecified atom stereocenters. The topological polar surface area (TPSA) is 79.0 Å². The van der Waals surface area contributed by atoms with Crippen LogP contribution in [0.5, 0.6) is 0 Å². The fourth-order valence-electron chi connectivity index (χ4n) is 2.71. The third-order valence-corrected chi connectivity index (χ3v) is 6.54. The summed E-state index contributed by atoms with van der Waals surface area (Å²) in [7, 11) is -3.54. The standard InChI is InChI=1S/C18H28BrN3O4S/c1-15(2)14-26-12-4-7-20-18(23)21-8-10-22(11-9-21)27(24,25)17-6-3-5-16(19)13-17/h3,5-6,13,15H,4,7-12,14H2,1-2H3,(H,20,23). The molecule has 2 amide bonds. The predicted octanol–water partition coefficient (Wildman–Crippen LogP) is 2.53. The molecule has 2 rings (SSSR count). The second-order valence-electron chi connectivity index (χ2n) is 6.90. The molecule has 0 saturated carbocycles. The molecule has 152 valence electrons. The largest absolute Gasteiger partial charge is 0.381 e. The number of amides is 2. The van der Waals surface area contributed by atoms with E-state index in [1.807, 2.05) is 0 Å². The summed E-state index contributed by atoms with van der Waals surface area (Å²) in [6, 6.07) is 6.51. The van der Waals surface area contributed by atoms with Gasteiger partial charge >= 0.3 is 6.03 Å². The van der Waals surface area contributed by atoms with Gasteiger partial charge in [0.2, 0.25) is 10.0 Å². The normalized spacial score (nSPS) is 15.9. The molecule has 1 aromatic carbocycles. The Morgan fingerprint density at radius 2 is 1.96 bits per heavy atom. The van der Waals surface area contributed by atoms with Crippen LogP contribution in [0.3, 0.4) is 0 Å². The van der Waals surface area contributed by atoms with Gasteiger partial charge in [-0.2, -0.15) is 4.31 Å². The van der Waals surface area contributed by atoms with E-state index in [-0.39, 0.29) is 10.9 Å². The monoisotopic (exact) mass is 461 g/mol. The van der Waals surface area contributed by atoms with Crippen molar-refractivity contribution in [3.63, 3.8) is 0 Å². The molecule has 1 aliphatic rings. The molecule has 9 heteroatoms. The Bertz CT molecular complexity index is 719. The van der Waals surface area contributed by atoms with Crippen LogP contribution in [0.2, 0.25) is 0 Å². The van der Waals surface area contributed by atoms with Crippen LogP contribution in [0.15, 0.2) is 33.6 Å². The summed E-state index contributed by atoms with van der Waals surface area (Å²) in [5.41, 5.74) is 0. The highest BCUT2D eigenvalue weighted by Gasteiger charge is 2.30. The van der Waals surface area contributed by atoms with Gasteiger partial charge in [-0.05, 0) is 30.5 Å². The zero-order valence-electron chi connectivity index (χ0n) is 15.9. The summed E-state index contributed by atoms with van der Waals surface area (Å²) < 4.78 is 33.0. The van der Waals surface area contributed by atoms with Gasteiger partial charge in [-0.15, -0.1) is 0 Å². The minimum absolute atomic E-state index is 0.154. The van der Waals surface area contributed by atoms with Gasteiger partial charge in [0.1, 0.15) is 0 Å². The molecule has 1 N–H and O–H groups in total. The lowest BCUT2D eigenvalue weighted by atomic mass is 10.2. The lowest BCUT2D eigenvalue weighted by Crippen LogP contribution is -2.53. The van der Waals surface area contributed by atoms with Gasteiger partial charge < -0.3 is 15.0 Å². The first-order chi connectivity index (χ1) is 12.8. The van der Waals surface area contributed by atoms with Crippen LogP contribution in [0.25, 0.3) is 0 Å². The van der Waals surface area contributed by atoms with Crippen molar-refractivity contribution in [2.75, 3.05) is 45.9 Å². The number of ether oxygens (including phenoxy) is 1. The lowest BCUT2D eigenvalue weighted by Gasteiger charge is -2.34. The molecule has 0 atom stereocenters. The van der Waals surface area contributed by atoms with E-state index < -0.39 is 10.0 Å². The molecule has 7 nitrogen and oxygen atoms in total. The first kappa shape index (κ1) is 22.1. The molecule has 1 aliphatic heterocycles. The predicted molar refractivity (Wildman–Crippen MR) is 108 cm³/mol. The Morgan fingerprint density at radius 3 is 2.59 bits per heavy atom. The van der Waals surface area contributed by atoms with Crippen LogP contribution in [0.4, 0.5) is 4.79 Å². The van der Waals surface area contributed by atoms with E-state index in [1.165, 1.54) is 4.31 Å². The number of carbonyl (C=O) groups excluding carboxylic acids is 1. The third kappa shape index (κ3) is 6.74. The quantitative estimate of drug-likeness (QED) is 0.603. The van der Waals surface area contributed by atoms with Crippen molar-refractivity contribution in [1.29, 1.82) is 0 Å². The van der Waals surface area contributed by atoms with Crippen LogP contribution in [-0.2, 0) is 14.8 Å². The number of urea groups is 1. The minimum Gasteiger partial charge on any atom is -0.381 e. The molecule has 0 bridgehead atoms. The van der Waals surface area contributed by atoms with Gasteiger partial charge in [0.15, 0.2) is 0 Å². The van der Waals surface area contributed by atoms with Crippen LogP contribution in [-0.4, -0.2) is 69.6 Å². The first-order valence-corrected chi connectivity index (χ1v) is 11.4. The second-order valence-corrected chi connectivity index (χ2v) is 9.76. The number of hydrogen-bond acceptors (Lipinski definition) is 4. The number of piperazine rings is 1.